The van der Waals surface area contributed by atoms with E-state index in [1.807, 2.05) is 42.3 Å². The van der Waals surface area contributed by atoms with Crippen molar-refractivity contribution in [1.82, 2.24) is 30.1 Å². The second-order valence-corrected chi connectivity index (χ2v) is 6.07. The summed E-state index contributed by atoms with van der Waals surface area (Å²) in [5, 5.41) is 17.9. The van der Waals surface area contributed by atoms with E-state index in [0.717, 1.165) is 16.8 Å². The van der Waals surface area contributed by atoms with Crippen molar-refractivity contribution >= 4 is 12.4 Å². The maximum atomic E-state index is 12.7. The topological polar surface area (TPSA) is 114 Å². The lowest BCUT2D eigenvalue weighted by molar-refractivity contribution is -0.122. The van der Waals surface area contributed by atoms with Crippen LogP contribution in [0.4, 0.5) is 0 Å². The number of aromatic nitrogens is 5. The van der Waals surface area contributed by atoms with E-state index in [1.165, 1.54) is 5.56 Å². The van der Waals surface area contributed by atoms with Crippen molar-refractivity contribution in [3.63, 3.8) is 0 Å². The molecule has 0 saturated carbocycles. The molecule has 1 amide bonds. The van der Waals surface area contributed by atoms with Crippen LogP contribution in [0.1, 0.15) is 32.7 Å². The number of carbonyl (C=O) groups excluding carboxylic acids is 1. The van der Waals surface area contributed by atoms with E-state index in [9.17, 15) is 4.79 Å². The highest BCUT2D eigenvalue weighted by Gasteiger charge is 2.24. The maximum absolute atomic E-state index is 12.7. The summed E-state index contributed by atoms with van der Waals surface area (Å²) in [5.74, 6) is 0.0397. The third kappa shape index (κ3) is 4.32. The Hall–Kier alpha value is -3.62. The van der Waals surface area contributed by atoms with E-state index in [1.54, 1.807) is 11.0 Å². The van der Waals surface area contributed by atoms with Crippen LogP contribution in [0, 0.1) is 6.92 Å². The second kappa shape index (κ2) is 8.17. The van der Waals surface area contributed by atoms with Crippen molar-refractivity contribution in [1.29, 1.82) is 0 Å². The highest BCUT2D eigenvalue weighted by molar-refractivity contribution is 5.94. The first kappa shape index (κ1) is 18.2. The number of carboxylic acid groups (broad SMARTS) is 1. The van der Waals surface area contributed by atoms with Crippen LogP contribution in [-0.2, 0) is 24.4 Å². The normalized spacial score (nSPS) is 12.1. The van der Waals surface area contributed by atoms with Crippen molar-refractivity contribution in [3.8, 4) is 0 Å². The smallest absolute Gasteiger partial charge is 0.290 e. The summed E-state index contributed by atoms with van der Waals surface area (Å²) in [7, 11) is 0. The first-order chi connectivity index (χ1) is 13.1. The number of carbonyl (C=O) groups is 2. The third-order valence-electron chi connectivity index (χ3n) is 4.17. The molecule has 3 aromatic rings. The Balaban J connectivity index is 0.000000659. The van der Waals surface area contributed by atoms with Crippen molar-refractivity contribution in [3.05, 3.63) is 70.8 Å². The Kier molecular flexibility index (Phi) is 5.50. The Morgan fingerprint density at radius 2 is 1.93 bits per heavy atom. The molecule has 0 spiro atoms. The Labute approximate surface area is 155 Å². The van der Waals surface area contributed by atoms with Crippen LogP contribution in [0.3, 0.4) is 0 Å². The van der Waals surface area contributed by atoms with Crippen molar-refractivity contribution in [2.45, 2.75) is 26.6 Å². The van der Waals surface area contributed by atoms with Crippen LogP contribution < -0.4 is 0 Å². The Bertz CT molecular complexity index is 925. The van der Waals surface area contributed by atoms with Crippen LogP contribution in [-0.4, -0.2) is 47.6 Å². The minimum absolute atomic E-state index is 0.0397. The summed E-state index contributed by atoms with van der Waals surface area (Å²) in [4.78, 5) is 27.2. The average molecular weight is 366 g/mol. The third-order valence-corrected chi connectivity index (χ3v) is 4.17. The summed E-state index contributed by atoms with van der Waals surface area (Å²) in [6, 6.07) is 9.63. The van der Waals surface area contributed by atoms with Gasteiger partial charge in [-0.3, -0.25) is 14.6 Å². The molecule has 3 heterocycles. The van der Waals surface area contributed by atoms with E-state index in [4.69, 9.17) is 9.90 Å². The second-order valence-electron chi connectivity index (χ2n) is 6.07. The summed E-state index contributed by atoms with van der Waals surface area (Å²) in [6.07, 6.45) is 3.43. The average Bonchev–Trinajstić information content (AvgIpc) is 3.31. The van der Waals surface area contributed by atoms with Crippen LogP contribution in [0.5, 0.6) is 0 Å². The summed E-state index contributed by atoms with van der Waals surface area (Å²) in [6.45, 7) is 3.56. The molecular formula is C18H18N6O3. The fourth-order valence-electron chi connectivity index (χ4n) is 2.92. The van der Waals surface area contributed by atoms with Gasteiger partial charge in [-0.25, -0.2) is 4.68 Å². The molecule has 0 bridgehead atoms. The zero-order chi connectivity index (χ0) is 19.2. The van der Waals surface area contributed by atoms with Gasteiger partial charge in [-0.05, 0) is 52.2 Å². The molecule has 27 heavy (non-hydrogen) atoms. The maximum Gasteiger partial charge on any atom is 0.290 e. The SMILES string of the molecule is Cc1cc2c(cn1)CN(C(=O)c1ccc(Cn3cnnn3)cc1)C2.O=CO. The van der Waals surface area contributed by atoms with Crippen LogP contribution in [0.2, 0.25) is 0 Å². The number of pyridine rings is 1. The quantitative estimate of drug-likeness (QED) is 0.695. The molecule has 1 aliphatic heterocycles. The first-order valence-electron chi connectivity index (χ1n) is 8.22. The monoisotopic (exact) mass is 366 g/mol. The zero-order valence-corrected chi connectivity index (χ0v) is 14.7. The highest BCUT2D eigenvalue weighted by atomic mass is 16.3. The van der Waals surface area contributed by atoms with Gasteiger partial charge in [-0.2, -0.15) is 0 Å². The van der Waals surface area contributed by atoms with Crippen molar-refractivity contribution < 1.29 is 14.7 Å². The van der Waals surface area contributed by atoms with Crippen LogP contribution >= 0.6 is 0 Å². The molecule has 1 aliphatic rings. The molecule has 138 valence electrons. The number of hydrogen-bond donors (Lipinski definition) is 1. The number of aryl methyl sites for hydroxylation is 1. The molecule has 4 rings (SSSR count). The van der Waals surface area contributed by atoms with Gasteiger partial charge in [0.25, 0.3) is 12.4 Å². The molecule has 9 heteroatoms. The lowest BCUT2D eigenvalue weighted by Gasteiger charge is -2.15. The van der Waals surface area contributed by atoms with Gasteiger partial charge in [-0.15, -0.1) is 5.10 Å². The largest absolute Gasteiger partial charge is 0.483 e. The van der Waals surface area contributed by atoms with E-state index in [-0.39, 0.29) is 12.4 Å². The molecule has 0 radical (unpaired) electrons. The number of tetrazole rings is 1. The van der Waals surface area contributed by atoms with Crippen molar-refractivity contribution in [2.75, 3.05) is 0 Å². The van der Waals surface area contributed by atoms with Gasteiger partial charge in [0.1, 0.15) is 6.33 Å². The lowest BCUT2D eigenvalue weighted by Crippen LogP contribution is -2.25. The predicted octanol–water partition coefficient (Wildman–Crippen LogP) is 1.28. The van der Waals surface area contributed by atoms with Gasteiger partial charge in [0.15, 0.2) is 0 Å². The molecule has 1 aromatic carbocycles. The van der Waals surface area contributed by atoms with E-state index in [2.05, 4.69) is 26.6 Å². The molecule has 9 nitrogen and oxygen atoms in total. The molecular weight excluding hydrogens is 348 g/mol. The number of fused-ring (bicyclic) bond motifs is 1. The molecule has 0 saturated heterocycles. The summed E-state index contributed by atoms with van der Waals surface area (Å²) < 4.78 is 1.64. The molecule has 0 atom stereocenters. The van der Waals surface area contributed by atoms with E-state index in [0.29, 0.717) is 25.2 Å². The minimum Gasteiger partial charge on any atom is -0.483 e. The van der Waals surface area contributed by atoms with Gasteiger partial charge in [0, 0.05) is 30.5 Å². The molecule has 1 N–H and O–H groups in total. The molecule has 2 aromatic heterocycles. The van der Waals surface area contributed by atoms with Crippen LogP contribution in [0.25, 0.3) is 0 Å². The van der Waals surface area contributed by atoms with E-state index < -0.39 is 0 Å². The van der Waals surface area contributed by atoms with Gasteiger partial charge in [0.05, 0.1) is 6.54 Å². The number of hydrogen-bond acceptors (Lipinski definition) is 6. The summed E-state index contributed by atoms with van der Waals surface area (Å²) in [5.41, 5.74) is 5.03. The minimum atomic E-state index is -0.250. The molecule has 0 fully saturated rings. The van der Waals surface area contributed by atoms with Crippen LogP contribution in [0.15, 0.2) is 42.9 Å². The first-order valence-corrected chi connectivity index (χ1v) is 8.22. The van der Waals surface area contributed by atoms with Gasteiger partial charge in [-0.1, -0.05) is 12.1 Å². The molecule has 0 unspecified atom stereocenters. The van der Waals surface area contributed by atoms with Crippen molar-refractivity contribution in [2.24, 2.45) is 0 Å². The van der Waals surface area contributed by atoms with Gasteiger partial charge in [0.2, 0.25) is 0 Å². The lowest BCUT2D eigenvalue weighted by atomic mass is 10.1. The van der Waals surface area contributed by atoms with E-state index >= 15 is 0 Å². The zero-order valence-electron chi connectivity index (χ0n) is 14.7. The summed E-state index contributed by atoms with van der Waals surface area (Å²) >= 11 is 0. The fraction of sp³-hybridized carbons (Fsp3) is 0.222. The number of rotatable bonds is 3. The molecule has 0 aliphatic carbocycles. The van der Waals surface area contributed by atoms with Gasteiger partial charge < -0.3 is 10.0 Å². The Morgan fingerprint density at radius 3 is 2.59 bits per heavy atom. The van der Waals surface area contributed by atoms with Gasteiger partial charge >= 0.3 is 0 Å². The standard InChI is InChI=1S/C17H16N6O.CH2O2/c1-12-6-15-9-22(10-16(15)7-18-12)17(24)14-4-2-13(3-5-14)8-23-11-19-20-21-23;2-1-3/h2-7,11H,8-10H2,1H3;1H,(H,2,3). The number of nitrogens with zero attached hydrogens (tertiary/aromatic N) is 6. The number of benzene rings is 1. The highest BCUT2D eigenvalue weighted by Crippen LogP contribution is 2.24. The predicted molar refractivity (Wildman–Crippen MR) is 94.6 cm³/mol. The number of amides is 1. The Morgan fingerprint density at radius 1 is 1.22 bits per heavy atom. The fourth-order valence-corrected chi connectivity index (χ4v) is 2.92.